The molecule has 0 aliphatic heterocycles. The van der Waals surface area contributed by atoms with E-state index in [-0.39, 0.29) is 11.8 Å². The van der Waals surface area contributed by atoms with Gasteiger partial charge in [-0.15, -0.1) is 0 Å². The smallest absolute Gasteiger partial charge is 0.224 e. The number of anilines is 1. The molecule has 1 N–H and O–H groups in total. The Hall–Kier alpha value is -2.44. The van der Waals surface area contributed by atoms with Crippen molar-refractivity contribution in [1.29, 1.82) is 0 Å². The Labute approximate surface area is 143 Å². The molecule has 7 nitrogen and oxygen atoms in total. The summed E-state index contributed by atoms with van der Waals surface area (Å²) in [6.07, 6.45) is 3.98. The molecule has 1 amide bonds. The molecule has 7 heteroatoms. The molecule has 2 aromatic heterocycles. The van der Waals surface area contributed by atoms with E-state index in [1.54, 1.807) is 17.3 Å². The number of H-pyrrole nitrogens is 1. The van der Waals surface area contributed by atoms with Crippen LogP contribution in [0.5, 0.6) is 0 Å². The second-order valence-corrected chi connectivity index (χ2v) is 6.49. The van der Waals surface area contributed by atoms with Crippen molar-refractivity contribution >= 4 is 11.9 Å². The van der Waals surface area contributed by atoms with Crippen LogP contribution in [0.15, 0.2) is 12.4 Å². The quantitative estimate of drug-likeness (QED) is 0.877. The average molecular weight is 330 g/mol. The molecule has 0 unspecified atom stereocenters. The predicted molar refractivity (Wildman–Crippen MR) is 93.9 cm³/mol. The summed E-state index contributed by atoms with van der Waals surface area (Å²) < 4.78 is 0. The maximum atomic E-state index is 12.5. The fourth-order valence-corrected chi connectivity index (χ4v) is 2.83. The highest BCUT2D eigenvalue weighted by Gasteiger charge is 2.20. The zero-order valence-electron chi connectivity index (χ0n) is 15.3. The number of hydrogen-bond acceptors (Lipinski definition) is 5. The molecule has 2 heterocycles. The minimum Gasteiger partial charge on any atom is -0.347 e. The first-order chi connectivity index (χ1) is 11.3. The van der Waals surface area contributed by atoms with E-state index >= 15 is 0 Å². The first kappa shape index (κ1) is 17.9. The Kier molecular flexibility index (Phi) is 5.54. The Bertz CT molecular complexity index is 672. The number of nitrogens with zero attached hydrogens (tertiary/aromatic N) is 5. The standard InChI is InChI=1S/C17H26N6O/c1-11(16-12(2)20-21-13(16)3)7-15(24)23(6)10-14-8-18-17(19-9-14)22(4)5/h8-9,11H,7,10H2,1-6H3,(H,20,21)/t11-/m0/s1. The van der Waals surface area contributed by atoms with Crippen LogP contribution < -0.4 is 4.90 Å². The van der Waals surface area contributed by atoms with Crippen LogP contribution >= 0.6 is 0 Å². The van der Waals surface area contributed by atoms with Crippen molar-refractivity contribution in [3.63, 3.8) is 0 Å². The highest BCUT2D eigenvalue weighted by atomic mass is 16.2. The summed E-state index contributed by atoms with van der Waals surface area (Å²) in [5.41, 5.74) is 4.04. The van der Waals surface area contributed by atoms with Crippen LogP contribution in [0.4, 0.5) is 5.95 Å². The van der Waals surface area contributed by atoms with E-state index < -0.39 is 0 Å². The molecule has 0 saturated heterocycles. The lowest BCUT2D eigenvalue weighted by atomic mass is 9.95. The van der Waals surface area contributed by atoms with Crippen molar-refractivity contribution in [3.8, 4) is 0 Å². The van der Waals surface area contributed by atoms with E-state index in [4.69, 9.17) is 0 Å². The fraction of sp³-hybridized carbons (Fsp3) is 0.529. The summed E-state index contributed by atoms with van der Waals surface area (Å²) >= 11 is 0. The van der Waals surface area contributed by atoms with Gasteiger partial charge >= 0.3 is 0 Å². The second-order valence-electron chi connectivity index (χ2n) is 6.49. The molecule has 24 heavy (non-hydrogen) atoms. The lowest BCUT2D eigenvalue weighted by molar-refractivity contribution is -0.130. The van der Waals surface area contributed by atoms with E-state index in [0.717, 1.165) is 22.5 Å². The molecule has 0 spiro atoms. The van der Waals surface area contributed by atoms with E-state index in [9.17, 15) is 4.79 Å². The van der Waals surface area contributed by atoms with Crippen molar-refractivity contribution in [2.45, 2.75) is 39.7 Å². The number of carbonyl (C=O) groups is 1. The number of aromatic nitrogens is 4. The van der Waals surface area contributed by atoms with Crippen LogP contribution in [0.3, 0.4) is 0 Å². The molecule has 0 aliphatic carbocycles. The summed E-state index contributed by atoms with van der Waals surface area (Å²) in [5.74, 6) is 0.887. The third-order valence-electron chi connectivity index (χ3n) is 4.10. The number of nitrogens with one attached hydrogen (secondary N) is 1. The van der Waals surface area contributed by atoms with Crippen molar-refractivity contribution < 1.29 is 4.79 Å². The van der Waals surface area contributed by atoms with Gasteiger partial charge in [0.1, 0.15) is 0 Å². The second kappa shape index (κ2) is 7.42. The Morgan fingerprint density at radius 3 is 2.33 bits per heavy atom. The molecule has 0 aliphatic rings. The predicted octanol–water partition coefficient (Wildman–Crippen LogP) is 2.03. The first-order valence-corrected chi connectivity index (χ1v) is 8.03. The third-order valence-corrected chi connectivity index (χ3v) is 4.10. The van der Waals surface area contributed by atoms with E-state index in [1.807, 2.05) is 39.9 Å². The Morgan fingerprint density at radius 1 is 1.21 bits per heavy atom. The van der Waals surface area contributed by atoms with Crippen LogP contribution in [0, 0.1) is 13.8 Å². The zero-order valence-corrected chi connectivity index (χ0v) is 15.3. The van der Waals surface area contributed by atoms with Crippen LogP contribution in [0.2, 0.25) is 0 Å². The lowest BCUT2D eigenvalue weighted by Crippen LogP contribution is -2.27. The van der Waals surface area contributed by atoms with Gasteiger partial charge in [-0.3, -0.25) is 9.89 Å². The average Bonchev–Trinajstić information content (AvgIpc) is 2.86. The number of aryl methyl sites for hydroxylation is 2. The molecule has 2 aromatic rings. The minimum atomic E-state index is 0.0965. The molecule has 130 valence electrons. The zero-order chi connectivity index (χ0) is 17.9. The number of aromatic amines is 1. The van der Waals surface area contributed by atoms with Crippen molar-refractivity contribution in [1.82, 2.24) is 25.1 Å². The van der Waals surface area contributed by atoms with Gasteiger partial charge in [0.25, 0.3) is 0 Å². The Morgan fingerprint density at radius 2 is 1.83 bits per heavy atom. The van der Waals surface area contributed by atoms with Gasteiger partial charge < -0.3 is 9.80 Å². The normalized spacial score (nSPS) is 12.1. The van der Waals surface area contributed by atoms with Crippen molar-refractivity contribution in [2.75, 3.05) is 26.0 Å². The van der Waals surface area contributed by atoms with Gasteiger partial charge in [-0.25, -0.2) is 9.97 Å². The number of rotatable bonds is 6. The molecular weight excluding hydrogens is 304 g/mol. The molecule has 0 radical (unpaired) electrons. The highest BCUT2D eigenvalue weighted by molar-refractivity contribution is 5.76. The van der Waals surface area contributed by atoms with Gasteiger partial charge in [-0.05, 0) is 25.3 Å². The van der Waals surface area contributed by atoms with Crippen molar-refractivity contribution in [2.24, 2.45) is 0 Å². The third kappa shape index (κ3) is 4.10. The number of carbonyl (C=O) groups excluding carboxylic acids is 1. The SMILES string of the molecule is Cc1n[nH]c(C)c1[C@@H](C)CC(=O)N(C)Cc1cnc(N(C)C)nc1. The molecular formula is C17H26N6O. The molecule has 1 atom stereocenters. The molecule has 0 bridgehead atoms. The molecule has 2 rings (SSSR count). The highest BCUT2D eigenvalue weighted by Crippen LogP contribution is 2.25. The van der Waals surface area contributed by atoms with Gasteiger partial charge in [0.2, 0.25) is 11.9 Å². The van der Waals surface area contributed by atoms with Gasteiger partial charge in [-0.1, -0.05) is 6.92 Å². The van der Waals surface area contributed by atoms with E-state index in [1.165, 1.54) is 0 Å². The number of hydrogen-bond donors (Lipinski definition) is 1. The summed E-state index contributed by atoms with van der Waals surface area (Å²) in [6.45, 7) is 6.52. The topological polar surface area (TPSA) is 78.0 Å². The van der Waals surface area contributed by atoms with E-state index in [0.29, 0.717) is 18.9 Å². The van der Waals surface area contributed by atoms with Gasteiger partial charge in [0.15, 0.2) is 0 Å². The summed E-state index contributed by atoms with van der Waals surface area (Å²) in [6, 6.07) is 0. The largest absolute Gasteiger partial charge is 0.347 e. The van der Waals surface area contributed by atoms with Gasteiger partial charge in [0.05, 0.1) is 5.69 Å². The minimum absolute atomic E-state index is 0.0965. The van der Waals surface area contributed by atoms with Gasteiger partial charge in [-0.2, -0.15) is 5.10 Å². The Balaban J connectivity index is 1.97. The summed E-state index contributed by atoms with van der Waals surface area (Å²) in [5, 5.41) is 7.19. The first-order valence-electron chi connectivity index (χ1n) is 8.03. The molecule has 0 aromatic carbocycles. The number of amides is 1. The van der Waals surface area contributed by atoms with Crippen LogP contribution in [0.25, 0.3) is 0 Å². The monoisotopic (exact) mass is 330 g/mol. The van der Waals surface area contributed by atoms with Crippen LogP contribution in [-0.2, 0) is 11.3 Å². The summed E-state index contributed by atoms with van der Waals surface area (Å²) in [4.78, 5) is 24.6. The maximum Gasteiger partial charge on any atom is 0.224 e. The van der Waals surface area contributed by atoms with Crippen LogP contribution in [-0.4, -0.2) is 52.1 Å². The fourth-order valence-electron chi connectivity index (χ4n) is 2.83. The van der Waals surface area contributed by atoms with Crippen molar-refractivity contribution in [3.05, 3.63) is 34.9 Å². The summed E-state index contributed by atoms with van der Waals surface area (Å²) in [7, 11) is 5.60. The van der Waals surface area contributed by atoms with E-state index in [2.05, 4.69) is 27.1 Å². The molecule has 0 fully saturated rings. The maximum absolute atomic E-state index is 12.5. The molecule has 0 saturated carbocycles. The van der Waals surface area contributed by atoms with Crippen LogP contribution in [0.1, 0.15) is 41.8 Å². The van der Waals surface area contributed by atoms with Gasteiger partial charge in [0, 0.05) is 57.8 Å². The lowest BCUT2D eigenvalue weighted by Gasteiger charge is -2.20.